The molecule has 0 saturated heterocycles. The van der Waals surface area contributed by atoms with Gasteiger partial charge in [-0.2, -0.15) is 16.8 Å². The minimum atomic E-state index is -4.21. The topological polar surface area (TPSA) is 153 Å². The summed E-state index contributed by atoms with van der Waals surface area (Å²) in [4.78, 5) is 12.1. The molecule has 0 fully saturated rings. The zero-order valence-corrected chi connectivity index (χ0v) is 18.3. The zero-order valence-electron chi connectivity index (χ0n) is 16.7. The monoisotopic (exact) mass is 450 g/mol. The van der Waals surface area contributed by atoms with Gasteiger partial charge in [0.2, 0.25) is 5.91 Å². The molecule has 11 heteroatoms. The molecule has 9 nitrogen and oxygen atoms in total. The van der Waals surface area contributed by atoms with Gasteiger partial charge in [-0.15, -0.1) is 0 Å². The van der Waals surface area contributed by atoms with Gasteiger partial charge in [0.05, 0.1) is 24.2 Å². The number of hydrogen-bond acceptors (Lipinski definition) is 7. The van der Waals surface area contributed by atoms with Crippen LogP contribution >= 0.6 is 0 Å². The van der Waals surface area contributed by atoms with E-state index in [1.54, 1.807) is 13.8 Å². The van der Waals surface area contributed by atoms with E-state index < -0.39 is 43.2 Å². The van der Waals surface area contributed by atoms with Crippen LogP contribution in [0.3, 0.4) is 0 Å². The van der Waals surface area contributed by atoms with Crippen LogP contribution in [0.2, 0.25) is 0 Å². The van der Waals surface area contributed by atoms with E-state index in [0.29, 0.717) is 19.4 Å². The Morgan fingerprint density at radius 1 is 1.17 bits per heavy atom. The predicted molar refractivity (Wildman–Crippen MR) is 110 cm³/mol. The van der Waals surface area contributed by atoms with Crippen LogP contribution < -0.4 is 11.1 Å². The molecule has 0 heterocycles. The van der Waals surface area contributed by atoms with Gasteiger partial charge in [0.25, 0.3) is 20.2 Å². The minimum absolute atomic E-state index is 0.118. The molecule has 0 saturated carbocycles. The molecule has 0 aliphatic heterocycles. The van der Waals surface area contributed by atoms with Gasteiger partial charge in [0.1, 0.15) is 0 Å². The summed E-state index contributed by atoms with van der Waals surface area (Å²) in [7, 11) is -8.12. The predicted octanol–water partition coefficient (Wildman–Crippen LogP) is 0.713. The fraction of sp³-hybridized carbons (Fsp3) is 0.611. The second kappa shape index (κ2) is 11.0. The summed E-state index contributed by atoms with van der Waals surface area (Å²) in [6, 6.07) is 8.74. The fourth-order valence-electron chi connectivity index (χ4n) is 2.41. The zero-order chi connectivity index (χ0) is 22.1. The summed E-state index contributed by atoms with van der Waals surface area (Å²) in [6.45, 7) is 3.77. The standard InChI is InChI=1S/C18H30N2O7S2/c1-18(2,14-27-29(25,26)12-6-11-28(22,23)24)9-10-20-17(21)16(19)13-15-7-4-3-5-8-15/h3-5,7-8,16H,6,9-14,19H2,1-2H3,(H,20,21)(H,22,23,24)/t16-/m0/s1. The molecule has 0 aliphatic rings. The van der Waals surface area contributed by atoms with Crippen molar-refractivity contribution < 1.29 is 30.4 Å². The third kappa shape index (κ3) is 11.9. The molecule has 0 aliphatic carbocycles. The van der Waals surface area contributed by atoms with Crippen molar-refractivity contribution in [2.75, 3.05) is 24.7 Å². The second-order valence-electron chi connectivity index (χ2n) is 7.67. The number of benzene rings is 1. The lowest BCUT2D eigenvalue weighted by atomic mass is 9.90. The Bertz CT molecular complexity index is 853. The Morgan fingerprint density at radius 2 is 1.79 bits per heavy atom. The fourth-order valence-corrected chi connectivity index (χ4v) is 4.22. The molecule has 29 heavy (non-hydrogen) atoms. The van der Waals surface area contributed by atoms with E-state index in [1.807, 2.05) is 30.3 Å². The van der Waals surface area contributed by atoms with E-state index in [2.05, 4.69) is 5.32 Å². The third-order valence-corrected chi connectivity index (χ3v) is 6.23. The largest absolute Gasteiger partial charge is 0.355 e. The molecule has 1 rings (SSSR count). The van der Waals surface area contributed by atoms with Crippen molar-refractivity contribution in [1.82, 2.24) is 5.32 Å². The van der Waals surface area contributed by atoms with Gasteiger partial charge in [-0.3, -0.25) is 13.5 Å². The molecule has 1 amide bonds. The number of hydrogen-bond donors (Lipinski definition) is 3. The molecular weight excluding hydrogens is 420 g/mol. The smallest absolute Gasteiger partial charge is 0.267 e. The summed E-state index contributed by atoms with van der Waals surface area (Å²) in [6.07, 6.45) is 0.620. The van der Waals surface area contributed by atoms with Gasteiger partial charge in [-0.1, -0.05) is 44.2 Å². The van der Waals surface area contributed by atoms with Gasteiger partial charge in [-0.25, -0.2) is 0 Å². The van der Waals surface area contributed by atoms with Gasteiger partial charge < -0.3 is 11.1 Å². The Kier molecular flexibility index (Phi) is 9.69. The van der Waals surface area contributed by atoms with Crippen molar-refractivity contribution >= 4 is 26.1 Å². The van der Waals surface area contributed by atoms with E-state index in [9.17, 15) is 21.6 Å². The molecule has 0 radical (unpaired) electrons. The number of carbonyl (C=O) groups excluding carboxylic acids is 1. The van der Waals surface area contributed by atoms with Gasteiger partial charge in [0, 0.05) is 6.54 Å². The number of rotatable bonds is 13. The van der Waals surface area contributed by atoms with Crippen molar-refractivity contribution in [2.24, 2.45) is 11.1 Å². The minimum Gasteiger partial charge on any atom is -0.355 e. The number of amides is 1. The lowest BCUT2D eigenvalue weighted by Crippen LogP contribution is -2.43. The first kappa shape index (κ1) is 25.5. The van der Waals surface area contributed by atoms with Crippen molar-refractivity contribution in [2.45, 2.75) is 39.2 Å². The Labute approximate surface area is 172 Å². The highest BCUT2D eigenvalue weighted by Crippen LogP contribution is 2.21. The lowest BCUT2D eigenvalue weighted by molar-refractivity contribution is -0.122. The maximum absolute atomic E-state index is 12.1. The maximum atomic E-state index is 12.1. The summed E-state index contributed by atoms with van der Waals surface area (Å²) < 4.78 is 58.5. The average Bonchev–Trinajstić information content (AvgIpc) is 2.59. The SMILES string of the molecule is CC(C)(CCNC(=O)[C@@H](N)Cc1ccccc1)COS(=O)(=O)CCCS(=O)(=O)O. The molecular formula is C18H30N2O7S2. The first-order valence-electron chi connectivity index (χ1n) is 9.19. The van der Waals surface area contributed by atoms with Crippen molar-refractivity contribution in [1.29, 1.82) is 0 Å². The number of nitrogens with one attached hydrogen (secondary N) is 1. The van der Waals surface area contributed by atoms with E-state index in [1.165, 1.54) is 0 Å². The lowest BCUT2D eigenvalue weighted by Gasteiger charge is -2.24. The van der Waals surface area contributed by atoms with Gasteiger partial charge in [0.15, 0.2) is 0 Å². The highest BCUT2D eigenvalue weighted by atomic mass is 32.2. The van der Waals surface area contributed by atoms with Crippen molar-refractivity contribution in [3.8, 4) is 0 Å². The Hall–Kier alpha value is -1.53. The number of nitrogens with two attached hydrogens (primary N) is 1. The molecule has 0 aromatic heterocycles. The Morgan fingerprint density at radius 3 is 2.38 bits per heavy atom. The molecule has 0 bridgehead atoms. The van der Waals surface area contributed by atoms with Crippen LogP contribution in [0.4, 0.5) is 0 Å². The van der Waals surface area contributed by atoms with Crippen LogP contribution in [0.15, 0.2) is 30.3 Å². The van der Waals surface area contributed by atoms with E-state index >= 15 is 0 Å². The molecule has 4 N–H and O–H groups in total. The quantitative estimate of drug-likeness (QED) is 0.293. The molecule has 0 unspecified atom stereocenters. The number of carbonyl (C=O) groups is 1. The van der Waals surface area contributed by atoms with Crippen molar-refractivity contribution in [3.05, 3.63) is 35.9 Å². The van der Waals surface area contributed by atoms with E-state index in [4.69, 9.17) is 14.5 Å². The summed E-state index contributed by atoms with van der Waals surface area (Å²) in [5.74, 6) is -1.44. The molecule has 0 spiro atoms. The summed E-state index contributed by atoms with van der Waals surface area (Å²) in [5.41, 5.74) is 6.33. The van der Waals surface area contributed by atoms with Crippen LogP contribution in [0.25, 0.3) is 0 Å². The van der Waals surface area contributed by atoms with Crippen LogP contribution in [0.5, 0.6) is 0 Å². The summed E-state index contributed by atoms with van der Waals surface area (Å²) in [5, 5.41) is 2.74. The van der Waals surface area contributed by atoms with Crippen LogP contribution in [-0.4, -0.2) is 58.0 Å². The van der Waals surface area contributed by atoms with Crippen LogP contribution in [0, 0.1) is 5.41 Å². The highest BCUT2D eigenvalue weighted by Gasteiger charge is 2.23. The molecule has 166 valence electrons. The van der Waals surface area contributed by atoms with Crippen LogP contribution in [0.1, 0.15) is 32.3 Å². The maximum Gasteiger partial charge on any atom is 0.267 e. The van der Waals surface area contributed by atoms with Gasteiger partial charge >= 0.3 is 0 Å². The second-order valence-corrected chi connectivity index (χ2v) is 11.0. The van der Waals surface area contributed by atoms with E-state index in [-0.39, 0.29) is 18.9 Å². The molecule has 1 aromatic carbocycles. The van der Waals surface area contributed by atoms with Crippen molar-refractivity contribution in [3.63, 3.8) is 0 Å². The first-order valence-corrected chi connectivity index (χ1v) is 12.4. The molecule has 1 aromatic rings. The third-order valence-electron chi connectivity index (χ3n) is 4.16. The van der Waals surface area contributed by atoms with Crippen LogP contribution in [-0.2, 0) is 35.6 Å². The Balaban J connectivity index is 2.35. The van der Waals surface area contributed by atoms with E-state index in [0.717, 1.165) is 5.56 Å². The first-order chi connectivity index (χ1) is 13.3. The average molecular weight is 451 g/mol. The summed E-state index contributed by atoms with van der Waals surface area (Å²) >= 11 is 0. The normalized spacial score (nSPS) is 13.8. The van der Waals surface area contributed by atoms with Gasteiger partial charge in [-0.05, 0) is 30.2 Å². The molecule has 1 atom stereocenters. The highest BCUT2D eigenvalue weighted by molar-refractivity contribution is 7.87.